The highest BCUT2D eigenvalue weighted by atomic mass is 16.5. The highest BCUT2D eigenvalue weighted by Crippen LogP contribution is 2.15. The third-order valence-corrected chi connectivity index (χ3v) is 3.39. The zero-order valence-electron chi connectivity index (χ0n) is 14.5. The fourth-order valence-electron chi connectivity index (χ4n) is 2.20. The molecule has 7 heteroatoms. The van der Waals surface area contributed by atoms with E-state index in [2.05, 4.69) is 10.6 Å². The molecule has 7 nitrogen and oxygen atoms in total. The predicted octanol–water partition coefficient (Wildman–Crippen LogP) is -0.157. The number of nitrogens with one attached hydrogen (secondary N) is 3. The molecule has 1 aromatic rings. The maximum Gasteiger partial charge on any atom is 0.340 e. The summed E-state index contributed by atoms with van der Waals surface area (Å²) in [5.41, 5.74) is 0.726. The van der Waals surface area contributed by atoms with Crippen molar-refractivity contribution in [3.8, 4) is 0 Å². The van der Waals surface area contributed by atoms with E-state index < -0.39 is 5.97 Å². The van der Waals surface area contributed by atoms with Crippen LogP contribution in [-0.4, -0.2) is 50.6 Å². The summed E-state index contributed by atoms with van der Waals surface area (Å²) in [6.45, 7) is 7.34. The molecule has 0 aliphatic heterocycles. The zero-order chi connectivity index (χ0) is 17.9. The molecular weight excluding hydrogens is 310 g/mol. The number of hydrogen-bond donors (Lipinski definition) is 3. The second-order valence-electron chi connectivity index (χ2n) is 5.22. The third-order valence-electron chi connectivity index (χ3n) is 3.39. The van der Waals surface area contributed by atoms with Crippen molar-refractivity contribution in [2.75, 3.05) is 38.1 Å². The lowest BCUT2D eigenvalue weighted by atomic mass is 10.2. The van der Waals surface area contributed by atoms with Crippen molar-refractivity contribution >= 4 is 23.5 Å². The Hall–Kier alpha value is -2.41. The van der Waals surface area contributed by atoms with Gasteiger partial charge < -0.3 is 20.3 Å². The van der Waals surface area contributed by atoms with Gasteiger partial charge in [0.25, 0.3) is 11.8 Å². The van der Waals surface area contributed by atoms with Crippen LogP contribution >= 0.6 is 0 Å². The molecule has 0 aromatic heterocycles. The fraction of sp³-hybridized carbons (Fsp3) is 0.471. The Morgan fingerprint density at radius 2 is 1.71 bits per heavy atom. The van der Waals surface area contributed by atoms with Crippen molar-refractivity contribution in [2.24, 2.45) is 0 Å². The second kappa shape index (κ2) is 10.4. The van der Waals surface area contributed by atoms with Gasteiger partial charge >= 0.3 is 5.97 Å². The molecule has 0 saturated carbocycles. The number of para-hydroxylation sites is 1. The van der Waals surface area contributed by atoms with Crippen LogP contribution in [0, 0.1) is 0 Å². The van der Waals surface area contributed by atoms with E-state index in [9.17, 15) is 14.4 Å². The number of benzene rings is 1. The molecule has 1 aromatic carbocycles. The molecule has 3 N–H and O–H groups in total. The maximum atomic E-state index is 12.2. The van der Waals surface area contributed by atoms with Gasteiger partial charge in [0.1, 0.15) is 0 Å². The topological polar surface area (TPSA) is 88.9 Å². The Bertz CT molecular complexity index is 575. The SMILES string of the molecule is CCNC(=O)C[NH+](CC)CC(=O)Nc1ccccc1C(=O)OCC. The van der Waals surface area contributed by atoms with Gasteiger partial charge in [0.2, 0.25) is 0 Å². The lowest BCUT2D eigenvalue weighted by Gasteiger charge is -2.17. The van der Waals surface area contributed by atoms with Gasteiger partial charge in [-0.05, 0) is 32.9 Å². The van der Waals surface area contributed by atoms with Crippen LogP contribution in [0.1, 0.15) is 31.1 Å². The van der Waals surface area contributed by atoms with Gasteiger partial charge in [0.15, 0.2) is 13.1 Å². The summed E-state index contributed by atoms with van der Waals surface area (Å²) in [5, 5.41) is 5.45. The van der Waals surface area contributed by atoms with Crippen LogP contribution in [-0.2, 0) is 14.3 Å². The van der Waals surface area contributed by atoms with Gasteiger partial charge in [0.05, 0.1) is 24.4 Å². The Kier molecular flexibility index (Phi) is 8.49. The number of rotatable bonds is 9. The number of hydrogen-bond acceptors (Lipinski definition) is 4. The van der Waals surface area contributed by atoms with E-state index >= 15 is 0 Å². The molecule has 0 heterocycles. The lowest BCUT2D eigenvalue weighted by Crippen LogP contribution is -3.14. The van der Waals surface area contributed by atoms with Crippen LogP contribution in [0.4, 0.5) is 5.69 Å². The van der Waals surface area contributed by atoms with Crippen LogP contribution in [0.25, 0.3) is 0 Å². The van der Waals surface area contributed by atoms with Gasteiger partial charge in [-0.3, -0.25) is 9.59 Å². The van der Waals surface area contributed by atoms with E-state index in [0.29, 0.717) is 24.3 Å². The first kappa shape index (κ1) is 19.6. The predicted molar refractivity (Wildman–Crippen MR) is 90.9 cm³/mol. The number of ether oxygens (including phenoxy) is 1. The Labute approximate surface area is 142 Å². The second-order valence-corrected chi connectivity index (χ2v) is 5.22. The first-order valence-electron chi connectivity index (χ1n) is 8.18. The van der Waals surface area contributed by atoms with Crippen molar-refractivity contribution in [1.29, 1.82) is 0 Å². The average molecular weight is 336 g/mol. The van der Waals surface area contributed by atoms with Gasteiger partial charge in [-0.1, -0.05) is 12.1 Å². The first-order valence-corrected chi connectivity index (χ1v) is 8.18. The maximum absolute atomic E-state index is 12.2. The molecule has 1 atom stereocenters. The number of amides is 2. The first-order chi connectivity index (χ1) is 11.5. The minimum atomic E-state index is -0.476. The normalized spacial score (nSPS) is 11.5. The van der Waals surface area contributed by atoms with E-state index in [1.54, 1.807) is 31.2 Å². The van der Waals surface area contributed by atoms with Crippen molar-refractivity contribution in [1.82, 2.24) is 5.32 Å². The molecule has 1 rings (SSSR count). The Morgan fingerprint density at radius 1 is 1.04 bits per heavy atom. The number of carbonyl (C=O) groups is 3. The largest absolute Gasteiger partial charge is 0.462 e. The molecule has 1 unspecified atom stereocenters. The molecule has 24 heavy (non-hydrogen) atoms. The van der Waals surface area contributed by atoms with Crippen LogP contribution in [0.3, 0.4) is 0 Å². The van der Waals surface area contributed by atoms with Crippen LogP contribution < -0.4 is 15.5 Å². The third kappa shape index (κ3) is 6.37. The van der Waals surface area contributed by atoms with Crippen molar-refractivity contribution in [3.63, 3.8) is 0 Å². The van der Waals surface area contributed by atoms with Gasteiger partial charge in [-0.15, -0.1) is 0 Å². The molecule has 0 aliphatic rings. The molecule has 2 amide bonds. The summed E-state index contributed by atoms with van der Waals surface area (Å²) in [5.74, 6) is -0.822. The molecule has 132 valence electrons. The summed E-state index contributed by atoms with van der Waals surface area (Å²) in [4.78, 5) is 36.6. The minimum absolute atomic E-state index is 0.0888. The van der Waals surface area contributed by atoms with Crippen LogP contribution in [0.5, 0.6) is 0 Å². The summed E-state index contributed by atoms with van der Waals surface area (Å²) in [6.07, 6.45) is 0. The summed E-state index contributed by atoms with van der Waals surface area (Å²) in [6, 6.07) is 6.70. The molecule has 0 fully saturated rings. The standard InChI is InChI=1S/C17H25N3O4/c1-4-18-15(21)11-20(5-2)12-16(22)19-14-10-8-7-9-13(14)17(23)24-6-3/h7-10H,4-6,11-12H2,1-3H3,(H,18,21)(H,19,22)/p+1. The average Bonchev–Trinajstić information content (AvgIpc) is 2.55. The number of esters is 1. The molecule has 0 radical (unpaired) electrons. The fourth-order valence-corrected chi connectivity index (χ4v) is 2.20. The highest BCUT2D eigenvalue weighted by Gasteiger charge is 2.18. The van der Waals surface area contributed by atoms with Gasteiger partial charge in [-0.25, -0.2) is 4.79 Å². The minimum Gasteiger partial charge on any atom is -0.462 e. The van der Waals surface area contributed by atoms with E-state index in [0.717, 1.165) is 4.90 Å². The van der Waals surface area contributed by atoms with Crippen LogP contribution in [0.15, 0.2) is 24.3 Å². The van der Waals surface area contributed by atoms with E-state index in [4.69, 9.17) is 4.74 Å². The number of anilines is 1. The van der Waals surface area contributed by atoms with E-state index in [1.165, 1.54) is 0 Å². The summed E-state index contributed by atoms with van der Waals surface area (Å²) in [7, 11) is 0. The summed E-state index contributed by atoms with van der Waals surface area (Å²) >= 11 is 0. The monoisotopic (exact) mass is 336 g/mol. The molecule has 0 bridgehead atoms. The van der Waals surface area contributed by atoms with E-state index in [-0.39, 0.29) is 31.5 Å². The lowest BCUT2D eigenvalue weighted by molar-refractivity contribution is -0.881. The van der Waals surface area contributed by atoms with Crippen LogP contribution in [0.2, 0.25) is 0 Å². The molecular formula is C17H26N3O4+. The molecule has 0 saturated heterocycles. The number of quaternary nitrogens is 1. The van der Waals surface area contributed by atoms with Crippen molar-refractivity contribution < 1.29 is 24.0 Å². The van der Waals surface area contributed by atoms with Gasteiger partial charge in [-0.2, -0.15) is 0 Å². The Balaban J connectivity index is 2.70. The number of carbonyl (C=O) groups excluding carboxylic acids is 3. The van der Waals surface area contributed by atoms with Crippen molar-refractivity contribution in [2.45, 2.75) is 20.8 Å². The van der Waals surface area contributed by atoms with E-state index in [1.807, 2.05) is 13.8 Å². The quantitative estimate of drug-likeness (QED) is 0.547. The summed E-state index contributed by atoms with van der Waals surface area (Å²) < 4.78 is 4.98. The Morgan fingerprint density at radius 3 is 2.33 bits per heavy atom. The van der Waals surface area contributed by atoms with Gasteiger partial charge in [0, 0.05) is 6.54 Å². The molecule has 0 spiro atoms. The smallest absolute Gasteiger partial charge is 0.340 e. The zero-order valence-corrected chi connectivity index (χ0v) is 14.5. The highest BCUT2D eigenvalue weighted by molar-refractivity contribution is 6.01. The van der Waals surface area contributed by atoms with Crippen molar-refractivity contribution in [3.05, 3.63) is 29.8 Å². The number of likely N-dealkylation sites (N-methyl/N-ethyl adjacent to an activating group) is 2. The molecule has 0 aliphatic carbocycles.